The molecule has 0 saturated heterocycles. The van der Waals surface area contributed by atoms with Crippen molar-refractivity contribution >= 4 is 19.3 Å². The Hall–Kier alpha value is -3.12. The van der Waals surface area contributed by atoms with Crippen LogP contribution in [-0.2, 0) is 0 Å². The maximum absolute atomic E-state index is 10.3. The Labute approximate surface area is 181 Å². The lowest BCUT2D eigenvalue weighted by molar-refractivity contribution is 0.0682. The molecule has 0 unspecified atom stereocenters. The summed E-state index contributed by atoms with van der Waals surface area (Å²) in [6, 6.07) is 11.6. The summed E-state index contributed by atoms with van der Waals surface area (Å²) in [6.45, 7) is 10.1. The minimum atomic E-state index is -2.17. The summed E-state index contributed by atoms with van der Waals surface area (Å²) >= 11 is 0. The Bertz CT molecular complexity index is 704. The van der Waals surface area contributed by atoms with Gasteiger partial charge in [-0.05, 0) is 43.9 Å². The zero-order valence-corrected chi connectivity index (χ0v) is 17.7. The second-order valence-corrected chi connectivity index (χ2v) is 5.61. The molecule has 0 amide bonds. The molecule has 2 rings (SSSR count). The number of para-hydroxylation sites is 2. The number of carboxylic acid groups (broad SMARTS) is 2. The topological polar surface area (TPSA) is 179 Å². The Balaban J connectivity index is 0. The highest BCUT2D eigenvalue weighted by atomic mass is 16.5. The van der Waals surface area contributed by atoms with Crippen molar-refractivity contribution < 1.29 is 45.1 Å². The van der Waals surface area contributed by atoms with Gasteiger partial charge in [0.05, 0.1) is 0 Å². The van der Waals surface area contributed by atoms with Gasteiger partial charge in [-0.25, -0.2) is 9.59 Å². The molecule has 2 aromatic rings. The highest BCUT2D eigenvalue weighted by Crippen LogP contribution is 2.15. The molecule has 0 aromatic heterocycles. The number of carboxylic acids is 2. The molecule has 10 nitrogen and oxygen atoms in total. The van der Waals surface area contributed by atoms with Crippen molar-refractivity contribution in [3.8, 4) is 11.5 Å². The quantitative estimate of drug-likeness (QED) is 0.337. The summed E-state index contributed by atoms with van der Waals surface area (Å²) in [4.78, 5) is 22.9. The van der Waals surface area contributed by atoms with Crippen molar-refractivity contribution in [2.75, 3.05) is 19.6 Å². The molecule has 0 aliphatic carbocycles. The van der Waals surface area contributed by atoms with Gasteiger partial charge in [0, 0.05) is 0 Å². The minimum Gasteiger partial charge on any atom is -0.507 e. The van der Waals surface area contributed by atoms with E-state index in [0.717, 1.165) is 0 Å². The standard InChI is InChI=1S/2C7H6O3.C6H15N.BH3O3/c2*8-6-4-2-1-3-5(6)7(9)10;1-4-7(5-2)6-3;2-1(3)4/h2*1-4,8H,(H,9,10);4-6H2,1-3H3;2-4H. The van der Waals surface area contributed by atoms with Crippen LogP contribution in [0.3, 0.4) is 0 Å². The third-order valence-corrected chi connectivity index (χ3v) is 3.61. The van der Waals surface area contributed by atoms with Crippen molar-refractivity contribution in [1.29, 1.82) is 0 Å². The minimum absolute atomic E-state index is 0.0671. The Morgan fingerprint density at radius 2 is 0.968 bits per heavy atom. The number of rotatable bonds is 5. The molecule has 0 bridgehead atoms. The molecule has 0 aliphatic heterocycles. The highest BCUT2D eigenvalue weighted by Gasteiger charge is 2.06. The van der Waals surface area contributed by atoms with Crippen LogP contribution >= 0.6 is 0 Å². The van der Waals surface area contributed by atoms with E-state index in [4.69, 9.17) is 35.5 Å². The van der Waals surface area contributed by atoms with E-state index >= 15 is 0 Å². The SMILES string of the molecule is CCN(CC)CC.O=C(O)c1ccccc1O.O=C(O)c1ccccc1O.OB(O)O. The first kappa shape index (κ1) is 30.1. The average molecular weight is 439 g/mol. The van der Waals surface area contributed by atoms with Gasteiger partial charge in [-0.2, -0.15) is 0 Å². The van der Waals surface area contributed by atoms with Crippen LogP contribution in [-0.4, -0.2) is 79.3 Å². The number of carbonyl (C=O) groups is 2. The smallest absolute Gasteiger partial charge is 0.507 e. The van der Waals surface area contributed by atoms with Gasteiger partial charge >= 0.3 is 19.3 Å². The van der Waals surface area contributed by atoms with Gasteiger partial charge in [-0.15, -0.1) is 0 Å². The van der Waals surface area contributed by atoms with Crippen molar-refractivity contribution in [3.05, 3.63) is 59.7 Å². The lowest BCUT2D eigenvalue weighted by Crippen LogP contribution is -2.21. The maximum atomic E-state index is 10.3. The van der Waals surface area contributed by atoms with E-state index in [2.05, 4.69) is 25.7 Å². The van der Waals surface area contributed by atoms with Crippen LogP contribution in [0.4, 0.5) is 0 Å². The van der Waals surface area contributed by atoms with E-state index in [0.29, 0.717) is 0 Å². The third kappa shape index (κ3) is 15.4. The fourth-order valence-corrected chi connectivity index (χ4v) is 1.98. The lowest BCUT2D eigenvalue weighted by atomic mass is 10.2. The highest BCUT2D eigenvalue weighted by molar-refractivity contribution is 6.30. The number of aromatic hydroxyl groups is 2. The van der Waals surface area contributed by atoms with E-state index < -0.39 is 19.3 Å². The molecule has 0 atom stereocenters. The van der Waals surface area contributed by atoms with Gasteiger partial charge in [-0.1, -0.05) is 45.0 Å². The van der Waals surface area contributed by atoms with Crippen LogP contribution in [0.2, 0.25) is 0 Å². The monoisotopic (exact) mass is 439 g/mol. The molecular formula is C20H30BNO9. The van der Waals surface area contributed by atoms with Crippen LogP contribution in [0, 0.1) is 0 Å². The summed E-state index contributed by atoms with van der Waals surface area (Å²) in [6.07, 6.45) is 0. The van der Waals surface area contributed by atoms with E-state index in [9.17, 15) is 9.59 Å². The molecule has 172 valence electrons. The predicted octanol–water partition coefficient (Wildman–Crippen LogP) is 1.48. The second-order valence-electron chi connectivity index (χ2n) is 5.61. The van der Waals surface area contributed by atoms with E-state index in [1.54, 1.807) is 24.3 Å². The van der Waals surface area contributed by atoms with E-state index in [1.165, 1.54) is 43.9 Å². The van der Waals surface area contributed by atoms with Crippen molar-refractivity contribution in [3.63, 3.8) is 0 Å². The first-order valence-corrected chi connectivity index (χ1v) is 9.30. The molecule has 2 aromatic carbocycles. The molecule has 7 N–H and O–H groups in total. The summed E-state index contributed by atoms with van der Waals surface area (Å²) in [5, 5.41) is 56.1. The number of aromatic carboxylic acids is 2. The van der Waals surface area contributed by atoms with Gasteiger partial charge in [0.2, 0.25) is 0 Å². The number of hydrogen-bond donors (Lipinski definition) is 7. The Morgan fingerprint density at radius 1 is 0.710 bits per heavy atom. The number of hydrogen-bond acceptors (Lipinski definition) is 8. The number of benzene rings is 2. The molecule has 0 heterocycles. The largest absolute Gasteiger partial charge is 0.631 e. The molecule has 31 heavy (non-hydrogen) atoms. The maximum Gasteiger partial charge on any atom is 0.631 e. The zero-order valence-electron chi connectivity index (χ0n) is 17.7. The van der Waals surface area contributed by atoms with Crippen LogP contribution in [0.15, 0.2) is 48.5 Å². The van der Waals surface area contributed by atoms with E-state index in [1.807, 2.05) is 0 Å². The van der Waals surface area contributed by atoms with Gasteiger partial charge in [-0.3, -0.25) is 0 Å². The zero-order chi connectivity index (χ0) is 24.4. The molecule has 0 spiro atoms. The predicted molar refractivity (Wildman–Crippen MR) is 116 cm³/mol. The summed E-state index contributed by atoms with van der Waals surface area (Å²) in [5.41, 5.74) is -0.134. The fourth-order valence-electron chi connectivity index (χ4n) is 1.98. The normalized spacial score (nSPS) is 9.13. The molecule has 0 fully saturated rings. The van der Waals surface area contributed by atoms with Crippen LogP contribution < -0.4 is 0 Å². The van der Waals surface area contributed by atoms with Gasteiger partial charge < -0.3 is 40.4 Å². The Morgan fingerprint density at radius 3 is 1.10 bits per heavy atom. The van der Waals surface area contributed by atoms with Crippen LogP contribution in [0.5, 0.6) is 11.5 Å². The average Bonchev–Trinajstić information content (AvgIpc) is 2.70. The van der Waals surface area contributed by atoms with Crippen molar-refractivity contribution in [2.24, 2.45) is 0 Å². The summed E-state index contributed by atoms with van der Waals surface area (Å²) in [5.74, 6) is -2.62. The summed E-state index contributed by atoms with van der Waals surface area (Å²) in [7, 11) is -2.17. The molecular weight excluding hydrogens is 409 g/mol. The number of nitrogens with zero attached hydrogens (tertiary/aromatic N) is 1. The fraction of sp³-hybridized carbons (Fsp3) is 0.300. The molecule has 11 heteroatoms. The van der Waals surface area contributed by atoms with Crippen LogP contribution in [0.1, 0.15) is 41.5 Å². The lowest BCUT2D eigenvalue weighted by Gasteiger charge is -2.13. The Kier molecular flexibility index (Phi) is 17.2. The van der Waals surface area contributed by atoms with E-state index in [-0.39, 0.29) is 22.6 Å². The van der Waals surface area contributed by atoms with Crippen molar-refractivity contribution in [2.45, 2.75) is 20.8 Å². The molecule has 0 radical (unpaired) electrons. The third-order valence-electron chi connectivity index (χ3n) is 3.61. The molecule has 0 aliphatic rings. The van der Waals surface area contributed by atoms with Gasteiger partial charge in [0.25, 0.3) is 0 Å². The van der Waals surface area contributed by atoms with Crippen molar-refractivity contribution in [1.82, 2.24) is 4.90 Å². The van der Waals surface area contributed by atoms with Crippen LogP contribution in [0.25, 0.3) is 0 Å². The summed E-state index contributed by atoms with van der Waals surface area (Å²) < 4.78 is 0. The van der Waals surface area contributed by atoms with Gasteiger partial charge in [0.15, 0.2) is 0 Å². The number of phenols is 2. The second kappa shape index (κ2) is 17.7. The molecule has 0 saturated carbocycles. The van der Waals surface area contributed by atoms with Gasteiger partial charge in [0.1, 0.15) is 22.6 Å². The first-order chi connectivity index (χ1) is 14.5. The first-order valence-electron chi connectivity index (χ1n) is 9.30.